The van der Waals surface area contributed by atoms with Crippen LogP contribution in [-0.2, 0) is 0 Å². The molecule has 18 heavy (non-hydrogen) atoms. The third-order valence-electron chi connectivity index (χ3n) is 2.93. The molecule has 2 nitrogen and oxygen atoms in total. The molecule has 0 amide bonds. The Kier molecular flexibility index (Phi) is 5.03. The Morgan fingerprint density at radius 1 is 1.00 bits per heavy atom. The SMILES string of the molecule is CCCNCCCOc1cccc2ccccc12. The van der Waals surface area contributed by atoms with Crippen LogP contribution in [0.25, 0.3) is 10.8 Å². The monoisotopic (exact) mass is 243 g/mol. The Bertz CT molecular complexity index is 476. The number of ether oxygens (including phenoxy) is 1. The second kappa shape index (κ2) is 7.02. The van der Waals surface area contributed by atoms with Gasteiger partial charge in [0.1, 0.15) is 5.75 Å². The zero-order valence-corrected chi connectivity index (χ0v) is 11.0. The quantitative estimate of drug-likeness (QED) is 0.750. The van der Waals surface area contributed by atoms with Gasteiger partial charge >= 0.3 is 0 Å². The molecule has 0 fully saturated rings. The van der Waals surface area contributed by atoms with E-state index in [4.69, 9.17) is 4.74 Å². The van der Waals surface area contributed by atoms with Crippen molar-refractivity contribution >= 4 is 10.8 Å². The summed E-state index contributed by atoms with van der Waals surface area (Å²) in [5.41, 5.74) is 0. The van der Waals surface area contributed by atoms with E-state index in [9.17, 15) is 0 Å². The minimum Gasteiger partial charge on any atom is -0.493 e. The zero-order valence-electron chi connectivity index (χ0n) is 11.0. The molecule has 0 heterocycles. The molecule has 0 saturated heterocycles. The molecule has 0 bridgehead atoms. The highest BCUT2D eigenvalue weighted by Crippen LogP contribution is 2.24. The first kappa shape index (κ1) is 12.9. The summed E-state index contributed by atoms with van der Waals surface area (Å²) in [5.74, 6) is 0.989. The summed E-state index contributed by atoms with van der Waals surface area (Å²) in [5, 5.41) is 5.81. The molecule has 96 valence electrons. The smallest absolute Gasteiger partial charge is 0.127 e. The van der Waals surface area contributed by atoms with Crippen molar-refractivity contribution in [1.82, 2.24) is 5.32 Å². The average molecular weight is 243 g/mol. The molecule has 0 aliphatic carbocycles. The second-order valence-electron chi connectivity index (χ2n) is 4.43. The molecule has 0 atom stereocenters. The van der Waals surface area contributed by atoms with Crippen molar-refractivity contribution in [2.24, 2.45) is 0 Å². The molecular weight excluding hydrogens is 222 g/mol. The van der Waals surface area contributed by atoms with Crippen LogP contribution in [0, 0.1) is 0 Å². The van der Waals surface area contributed by atoms with E-state index in [1.165, 1.54) is 17.2 Å². The lowest BCUT2D eigenvalue weighted by atomic mass is 10.1. The molecule has 0 saturated carbocycles. The number of hydrogen-bond donors (Lipinski definition) is 1. The van der Waals surface area contributed by atoms with Gasteiger partial charge in [0.2, 0.25) is 0 Å². The maximum atomic E-state index is 5.86. The molecule has 0 radical (unpaired) electrons. The Hall–Kier alpha value is -1.54. The van der Waals surface area contributed by atoms with Gasteiger partial charge in [-0.15, -0.1) is 0 Å². The van der Waals surface area contributed by atoms with Gasteiger partial charge in [0.15, 0.2) is 0 Å². The van der Waals surface area contributed by atoms with Gasteiger partial charge in [-0.25, -0.2) is 0 Å². The highest BCUT2D eigenvalue weighted by Gasteiger charge is 2.00. The van der Waals surface area contributed by atoms with Crippen LogP contribution in [0.1, 0.15) is 19.8 Å². The van der Waals surface area contributed by atoms with E-state index in [1.54, 1.807) is 0 Å². The van der Waals surface area contributed by atoms with Crippen molar-refractivity contribution < 1.29 is 4.74 Å². The predicted octanol–water partition coefficient (Wildman–Crippen LogP) is 3.61. The fourth-order valence-electron chi connectivity index (χ4n) is 2.00. The number of fused-ring (bicyclic) bond motifs is 1. The van der Waals surface area contributed by atoms with Gasteiger partial charge in [-0.3, -0.25) is 0 Å². The predicted molar refractivity (Wildman–Crippen MR) is 77.2 cm³/mol. The zero-order chi connectivity index (χ0) is 12.6. The van der Waals surface area contributed by atoms with Crippen molar-refractivity contribution in [3.8, 4) is 5.75 Å². The Morgan fingerprint density at radius 2 is 1.83 bits per heavy atom. The first-order chi connectivity index (χ1) is 8.92. The molecule has 0 aromatic heterocycles. The van der Waals surface area contributed by atoms with Crippen LogP contribution >= 0.6 is 0 Å². The third-order valence-corrected chi connectivity index (χ3v) is 2.93. The lowest BCUT2D eigenvalue weighted by molar-refractivity contribution is 0.312. The van der Waals surface area contributed by atoms with E-state index in [0.29, 0.717) is 0 Å². The maximum absolute atomic E-state index is 5.86. The Balaban J connectivity index is 1.88. The summed E-state index contributed by atoms with van der Waals surface area (Å²) < 4.78 is 5.86. The van der Waals surface area contributed by atoms with Crippen molar-refractivity contribution in [1.29, 1.82) is 0 Å². The largest absolute Gasteiger partial charge is 0.493 e. The first-order valence-electron chi connectivity index (χ1n) is 6.73. The first-order valence-corrected chi connectivity index (χ1v) is 6.73. The molecule has 2 aromatic rings. The van der Waals surface area contributed by atoms with Crippen molar-refractivity contribution in [2.75, 3.05) is 19.7 Å². The topological polar surface area (TPSA) is 21.3 Å². The maximum Gasteiger partial charge on any atom is 0.127 e. The van der Waals surface area contributed by atoms with Crippen LogP contribution in [0.4, 0.5) is 0 Å². The number of nitrogens with one attached hydrogen (secondary N) is 1. The van der Waals surface area contributed by atoms with E-state index in [-0.39, 0.29) is 0 Å². The third kappa shape index (κ3) is 3.47. The normalized spacial score (nSPS) is 10.7. The molecule has 0 spiro atoms. The molecular formula is C16H21NO. The van der Waals surface area contributed by atoms with E-state index >= 15 is 0 Å². The van der Waals surface area contributed by atoms with Gasteiger partial charge in [-0.05, 0) is 37.4 Å². The lowest BCUT2D eigenvalue weighted by Gasteiger charge is -2.09. The molecule has 0 unspecified atom stereocenters. The molecule has 1 N–H and O–H groups in total. The van der Waals surface area contributed by atoms with Crippen LogP contribution in [0.15, 0.2) is 42.5 Å². The fourth-order valence-corrected chi connectivity index (χ4v) is 2.00. The molecule has 2 aromatic carbocycles. The highest BCUT2D eigenvalue weighted by molar-refractivity contribution is 5.88. The summed E-state index contributed by atoms with van der Waals surface area (Å²) in [6.07, 6.45) is 2.23. The minimum absolute atomic E-state index is 0.769. The van der Waals surface area contributed by atoms with Crippen molar-refractivity contribution in [2.45, 2.75) is 19.8 Å². The summed E-state index contributed by atoms with van der Waals surface area (Å²) >= 11 is 0. The molecule has 2 heteroatoms. The van der Waals surface area contributed by atoms with Crippen LogP contribution < -0.4 is 10.1 Å². The Labute approximate surface area is 109 Å². The number of hydrogen-bond acceptors (Lipinski definition) is 2. The lowest BCUT2D eigenvalue weighted by Crippen LogP contribution is -2.18. The van der Waals surface area contributed by atoms with Gasteiger partial charge in [0, 0.05) is 5.39 Å². The van der Waals surface area contributed by atoms with Gasteiger partial charge < -0.3 is 10.1 Å². The van der Waals surface area contributed by atoms with Crippen molar-refractivity contribution in [3.05, 3.63) is 42.5 Å². The summed E-state index contributed by atoms with van der Waals surface area (Å²) in [6.45, 7) is 5.07. The van der Waals surface area contributed by atoms with Crippen LogP contribution in [0.5, 0.6) is 5.75 Å². The van der Waals surface area contributed by atoms with Crippen LogP contribution in [-0.4, -0.2) is 19.7 Å². The van der Waals surface area contributed by atoms with E-state index < -0.39 is 0 Å². The summed E-state index contributed by atoms with van der Waals surface area (Å²) in [6, 6.07) is 14.5. The van der Waals surface area contributed by atoms with Crippen molar-refractivity contribution in [3.63, 3.8) is 0 Å². The molecule has 0 aliphatic rings. The minimum atomic E-state index is 0.769. The van der Waals surface area contributed by atoms with E-state index in [2.05, 4.69) is 42.6 Å². The van der Waals surface area contributed by atoms with Crippen LogP contribution in [0.3, 0.4) is 0 Å². The van der Waals surface area contributed by atoms with Gasteiger partial charge in [0.05, 0.1) is 6.61 Å². The average Bonchev–Trinajstić information content (AvgIpc) is 2.43. The molecule has 2 rings (SSSR count). The van der Waals surface area contributed by atoms with Gasteiger partial charge in [0.25, 0.3) is 0 Å². The van der Waals surface area contributed by atoms with Gasteiger partial charge in [-0.2, -0.15) is 0 Å². The standard InChI is InChI=1S/C16H21NO/c1-2-11-17-12-6-13-18-16-10-5-8-14-7-3-4-9-15(14)16/h3-5,7-10,17H,2,6,11-13H2,1H3. The summed E-state index contributed by atoms with van der Waals surface area (Å²) in [7, 11) is 0. The van der Waals surface area contributed by atoms with E-state index in [0.717, 1.165) is 31.9 Å². The number of rotatable bonds is 7. The fraction of sp³-hybridized carbons (Fsp3) is 0.375. The highest BCUT2D eigenvalue weighted by atomic mass is 16.5. The number of benzene rings is 2. The van der Waals surface area contributed by atoms with E-state index in [1.807, 2.05) is 12.1 Å². The van der Waals surface area contributed by atoms with Crippen LogP contribution in [0.2, 0.25) is 0 Å². The Morgan fingerprint density at radius 3 is 2.72 bits per heavy atom. The van der Waals surface area contributed by atoms with Gasteiger partial charge in [-0.1, -0.05) is 43.3 Å². The molecule has 0 aliphatic heterocycles. The summed E-state index contributed by atoms with van der Waals surface area (Å²) in [4.78, 5) is 0. The second-order valence-corrected chi connectivity index (χ2v) is 4.43.